The van der Waals surface area contributed by atoms with Gasteiger partial charge in [-0.25, -0.2) is 4.57 Å². The number of unbranched alkanes of at least 4 members (excludes halogenated alkanes) is 19. The second kappa shape index (κ2) is 35.3. The summed E-state index contributed by atoms with van der Waals surface area (Å²) in [4.78, 5) is 33.7. The number of aliphatic hydroxyl groups is 1. The molecule has 0 aromatic rings. The molecule has 2 unspecified atom stereocenters. The van der Waals surface area contributed by atoms with Crippen LogP contribution in [0.15, 0.2) is 24.3 Å². The number of allylic oxidation sites excluding steroid dienone is 4. The van der Waals surface area contributed by atoms with E-state index in [4.69, 9.17) is 13.8 Å². The maximum Gasteiger partial charge on any atom is 0.472 e. The lowest BCUT2D eigenvalue weighted by Gasteiger charge is -2.15. The third kappa shape index (κ3) is 35.8. The van der Waals surface area contributed by atoms with Crippen molar-refractivity contribution in [2.75, 3.05) is 26.4 Å². The van der Waals surface area contributed by atoms with Gasteiger partial charge in [0, 0.05) is 19.4 Å². The first-order valence-corrected chi connectivity index (χ1v) is 20.8. The lowest BCUT2D eigenvalue weighted by Crippen LogP contribution is -2.27. The molecule has 9 nitrogen and oxygen atoms in total. The molecular weight excluding hydrogens is 629 g/mol. The predicted molar refractivity (Wildman–Crippen MR) is 197 cm³/mol. The van der Waals surface area contributed by atoms with E-state index in [0.717, 1.165) is 64.2 Å². The summed E-state index contributed by atoms with van der Waals surface area (Å²) in [5.74, 6) is -0.529. The summed E-state index contributed by atoms with van der Waals surface area (Å²) in [5.41, 5.74) is 0. The SMILES string of the molecule is CCCCCC/C=C\C/C=C\CCCCCCCC(=O)NCCOP(=O)(O)OCC(O)COC(=O)CCCCCCCCCCCCC. The maximum absolute atomic E-state index is 12.0. The van der Waals surface area contributed by atoms with Crippen LogP contribution in [0.4, 0.5) is 0 Å². The van der Waals surface area contributed by atoms with Crippen molar-refractivity contribution in [3.63, 3.8) is 0 Å². The van der Waals surface area contributed by atoms with Crippen molar-refractivity contribution in [3.05, 3.63) is 24.3 Å². The normalized spacial score (nSPS) is 13.7. The Morgan fingerprint density at radius 2 is 1.12 bits per heavy atom. The van der Waals surface area contributed by atoms with Gasteiger partial charge in [-0.3, -0.25) is 18.6 Å². The van der Waals surface area contributed by atoms with Crippen molar-refractivity contribution in [1.29, 1.82) is 0 Å². The number of ether oxygens (including phenoxy) is 1. The molecule has 0 fully saturated rings. The van der Waals surface area contributed by atoms with Crippen LogP contribution in [0, 0.1) is 0 Å². The van der Waals surface area contributed by atoms with Gasteiger partial charge in [0.25, 0.3) is 0 Å². The molecular formula is C38H72NO8P. The van der Waals surface area contributed by atoms with Crippen LogP contribution in [0.25, 0.3) is 0 Å². The van der Waals surface area contributed by atoms with Crippen LogP contribution >= 0.6 is 7.82 Å². The molecule has 0 bridgehead atoms. The minimum atomic E-state index is -4.41. The number of carbonyl (C=O) groups is 2. The third-order valence-electron chi connectivity index (χ3n) is 8.13. The molecule has 0 aromatic heterocycles. The van der Waals surface area contributed by atoms with Crippen molar-refractivity contribution in [2.45, 2.75) is 180 Å². The van der Waals surface area contributed by atoms with E-state index >= 15 is 0 Å². The number of phosphoric ester groups is 1. The summed E-state index contributed by atoms with van der Waals surface area (Å²) in [5, 5.41) is 12.6. The maximum atomic E-state index is 12.0. The van der Waals surface area contributed by atoms with Crippen molar-refractivity contribution >= 4 is 19.7 Å². The van der Waals surface area contributed by atoms with E-state index in [1.165, 1.54) is 83.5 Å². The van der Waals surface area contributed by atoms with Gasteiger partial charge in [0.1, 0.15) is 12.7 Å². The van der Waals surface area contributed by atoms with Crippen LogP contribution in [0.1, 0.15) is 174 Å². The van der Waals surface area contributed by atoms with Gasteiger partial charge in [-0.05, 0) is 44.9 Å². The zero-order valence-electron chi connectivity index (χ0n) is 30.7. The Labute approximate surface area is 293 Å². The Balaban J connectivity index is 3.64. The molecule has 1 amide bonds. The first kappa shape index (κ1) is 46.5. The summed E-state index contributed by atoms with van der Waals surface area (Å²) in [6, 6.07) is 0. The second-order valence-electron chi connectivity index (χ2n) is 12.9. The fourth-order valence-electron chi connectivity index (χ4n) is 5.17. The van der Waals surface area contributed by atoms with Gasteiger partial charge in [0.05, 0.1) is 13.2 Å². The predicted octanol–water partition coefficient (Wildman–Crippen LogP) is 10.0. The fourth-order valence-corrected chi connectivity index (χ4v) is 5.93. The van der Waals surface area contributed by atoms with E-state index < -0.39 is 26.5 Å². The minimum absolute atomic E-state index is 0.0757. The summed E-state index contributed by atoms with van der Waals surface area (Å²) < 4.78 is 26.7. The highest BCUT2D eigenvalue weighted by molar-refractivity contribution is 7.47. The number of nitrogens with one attached hydrogen (secondary N) is 1. The van der Waals surface area contributed by atoms with Crippen LogP contribution < -0.4 is 5.32 Å². The van der Waals surface area contributed by atoms with Crippen LogP contribution in [-0.4, -0.2) is 54.3 Å². The molecule has 0 spiro atoms. The van der Waals surface area contributed by atoms with Gasteiger partial charge < -0.3 is 20.1 Å². The van der Waals surface area contributed by atoms with Gasteiger partial charge in [-0.15, -0.1) is 0 Å². The zero-order valence-corrected chi connectivity index (χ0v) is 31.6. The minimum Gasteiger partial charge on any atom is -0.463 e. The van der Waals surface area contributed by atoms with E-state index in [0.29, 0.717) is 6.42 Å². The van der Waals surface area contributed by atoms with E-state index in [1.807, 2.05) is 0 Å². The topological polar surface area (TPSA) is 131 Å². The van der Waals surface area contributed by atoms with Gasteiger partial charge in [-0.1, -0.05) is 141 Å². The zero-order chi connectivity index (χ0) is 35.4. The first-order valence-electron chi connectivity index (χ1n) is 19.3. The van der Waals surface area contributed by atoms with Crippen LogP contribution in [0.2, 0.25) is 0 Å². The molecule has 0 aromatic carbocycles. The highest BCUT2D eigenvalue weighted by atomic mass is 31.2. The molecule has 0 aliphatic rings. The number of esters is 1. The molecule has 2 atom stereocenters. The monoisotopic (exact) mass is 701 g/mol. The average molecular weight is 702 g/mol. The summed E-state index contributed by atoms with van der Waals surface area (Å²) in [6.45, 7) is 3.50. The number of amides is 1. The summed E-state index contributed by atoms with van der Waals surface area (Å²) in [6.07, 6.45) is 35.3. The highest BCUT2D eigenvalue weighted by Crippen LogP contribution is 2.42. The smallest absolute Gasteiger partial charge is 0.463 e. The van der Waals surface area contributed by atoms with Gasteiger partial charge in [0.15, 0.2) is 0 Å². The number of hydrogen-bond donors (Lipinski definition) is 3. The van der Waals surface area contributed by atoms with E-state index in [2.05, 4.69) is 43.5 Å². The molecule has 0 radical (unpaired) electrons. The summed E-state index contributed by atoms with van der Waals surface area (Å²) >= 11 is 0. The molecule has 282 valence electrons. The number of aliphatic hydroxyl groups excluding tert-OH is 1. The first-order chi connectivity index (χ1) is 23.3. The molecule has 0 saturated carbocycles. The van der Waals surface area contributed by atoms with Crippen molar-refractivity contribution in [2.24, 2.45) is 0 Å². The van der Waals surface area contributed by atoms with Gasteiger partial charge in [-0.2, -0.15) is 0 Å². The lowest BCUT2D eigenvalue weighted by molar-refractivity contribution is -0.147. The van der Waals surface area contributed by atoms with Crippen LogP contribution in [0.5, 0.6) is 0 Å². The standard InChI is InChI=1S/C38H72NO8P/c1-3-5-7-9-11-13-15-16-17-18-19-21-22-24-26-28-30-37(41)39-32-33-46-48(43,44)47-35-36(40)34-45-38(42)31-29-27-25-23-20-14-12-10-8-6-4-2/h13,15,17-18,36,40H,3-12,14,16,19-35H2,1-2H3,(H,39,41)(H,43,44)/b15-13-,18-17-. The largest absolute Gasteiger partial charge is 0.472 e. The Morgan fingerprint density at radius 1 is 0.646 bits per heavy atom. The molecule has 0 rings (SSSR count). The second-order valence-corrected chi connectivity index (χ2v) is 14.4. The fraction of sp³-hybridized carbons (Fsp3) is 0.842. The van der Waals surface area contributed by atoms with Crippen LogP contribution in [0.3, 0.4) is 0 Å². The highest BCUT2D eigenvalue weighted by Gasteiger charge is 2.23. The number of rotatable bonds is 36. The Morgan fingerprint density at radius 3 is 1.69 bits per heavy atom. The average Bonchev–Trinajstić information content (AvgIpc) is 3.07. The molecule has 48 heavy (non-hydrogen) atoms. The molecule has 0 saturated heterocycles. The van der Waals surface area contributed by atoms with Gasteiger partial charge in [0.2, 0.25) is 5.91 Å². The van der Waals surface area contributed by atoms with Crippen molar-refractivity contribution in [3.8, 4) is 0 Å². The van der Waals surface area contributed by atoms with E-state index in [9.17, 15) is 24.2 Å². The summed E-state index contributed by atoms with van der Waals surface area (Å²) in [7, 11) is -4.41. The van der Waals surface area contributed by atoms with Crippen molar-refractivity contribution in [1.82, 2.24) is 5.32 Å². The quantitative estimate of drug-likeness (QED) is 0.0255. The molecule has 0 aliphatic carbocycles. The molecule has 0 heterocycles. The van der Waals surface area contributed by atoms with Crippen LogP contribution in [-0.2, 0) is 27.9 Å². The Hall–Kier alpha value is -1.51. The van der Waals surface area contributed by atoms with E-state index in [1.54, 1.807) is 0 Å². The number of phosphoric acid groups is 1. The number of carbonyl (C=O) groups excluding carboxylic acids is 2. The van der Waals surface area contributed by atoms with Gasteiger partial charge >= 0.3 is 13.8 Å². The van der Waals surface area contributed by atoms with E-state index in [-0.39, 0.29) is 32.1 Å². The number of hydrogen-bond acceptors (Lipinski definition) is 7. The Kier molecular flexibility index (Phi) is 34.2. The molecule has 3 N–H and O–H groups in total. The third-order valence-corrected chi connectivity index (χ3v) is 9.12. The lowest BCUT2D eigenvalue weighted by atomic mass is 10.1. The Bertz CT molecular complexity index is 851. The molecule has 0 aliphatic heterocycles. The molecule has 10 heteroatoms. The van der Waals surface area contributed by atoms with Crippen molar-refractivity contribution < 1.29 is 37.9 Å².